The van der Waals surface area contributed by atoms with Crippen LogP contribution in [0.15, 0.2) is 18.2 Å². The van der Waals surface area contributed by atoms with Crippen LogP contribution >= 0.6 is 11.6 Å². The lowest BCUT2D eigenvalue weighted by atomic mass is 10.1. The van der Waals surface area contributed by atoms with E-state index in [1.165, 1.54) is 0 Å². The fraction of sp³-hybridized carbons (Fsp3) is 0.385. The zero-order chi connectivity index (χ0) is 13.1. The fourth-order valence-corrected chi connectivity index (χ4v) is 2.53. The molecule has 0 heterocycles. The van der Waals surface area contributed by atoms with Crippen molar-refractivity contribution in [1.29, 1.82) is 5.26 Å². The molecule has 4 nitrogen and oxygen atoms in total. The lowest BCUT2D eigenvalue weighted by molar-refractivity contribution is 0.0933. The number of amides is 1. The highest BCUT2D eigenvalue weighted by atomic mass is 35.5. The maximum Gasteiger partial charge on any atom is 0.251 e. The summed E-state index contributed by atoms with van der Waals surface area (Å²) in [6.07, 6.45) is 2.67. The molecule has 1 aliphatic carbocycles. The number of anilines is 1. The highest BCUT2D eigenvalue weighted by molar-refractivity contribution is 6.31. The van der Waals surface area contributed by atoms with Crippen molar-refractivity contribution in [3.8, 4) is 6.07 Å². The van der Waals surface area contributed by atoms with Crippen molar-refractivity contribution < 1.29 is 4.79 Å². The summed E-state index contributed by atoms with van der Waals surface area (Å²) < 4.78 is 0. The Bertz CT molecular complexity index is 489. The summed E-state index contributed by atoms with van der Waals surface area (Å²) in [4.78, 5) is 12.0. The molecule has 1 aliphatic rings. The number of nitrogens with zero attached hydrogens (tertiary/aromatic N) is 1. The van der Waals surface area contributed by atoms with Crippen LogP contribution in [-0.2, 0) is 0 Å². The minimum absolute atomic E-state index is 0.0669. The highest BCUT2D eigenvalue weighted by Crippen LogP contribution is 2.25. The SMILES string of the molecule is N#CC1CCCC1NC(=O)c1cc(N)cc(Cl)c1. The molecule has 18 heavy (non-hydrogen) atoms. The lowest BCUT2D eigenvalue weighted by Gasteiger charge is -2.15. The number of hydrogen-bond donors (Lipinski definition) is 2. The molecular formula is C13H14ClN3O. The number of nitriles is 1. The molecule has 0 aromatic heterocycles. The van der Waals surface area contributed by atoms with Gasteiger partial charge in [0, 0.05) is 22.3 Å². The topological polar surface area (TPSA) is 78.9 Å². The standard InChI is InChI=1S/C13H14ClN3O/c14-10-4-9(5-11(16)6-10)13(18)17-12-3-1-2-8(12)7-15/h4-6,8,12H,1-3,16H2,(H,17,18). The van der Waals surface area contributed by atoms with Crippen molar-refractivity contribution in [2.45, 2.75) is 25.3 Å². The summed E-state index contributed by atoms with van der Waals surface area (Å²) >= 11 is 5.85. The van der Waals surface area contributed by atoms with Gasteiger partial charge in [-0.3, -0.25) is 4.79 Å². The van der Waals surface area contributed by atoms with Crippen LogP contribution < -0.4 is 11.1 Å². The van der Waals surface area contributed by atoms with Crippen molar-refractivity contribution in [1.82, 2.24) is 5.32 Å². The summed E-state index contributed by atoms with van der Waals surface area (Å²) in [5, 5.41) is 12.3. The van der Waals surface area contributed by atoms with E-state index in [1.54, 1.807) is 18.2 Å². The zero-order valence-corrected chi connectivity index (χ0v) is 10.6. The number of nitrogens with one attached hydrogen (secondary N) is 1. The Balaban J connectivity index is 2.10. The molecular weight excluding hydrogens is 250 g/mol. The normalized spacial score (nSPS) is 22.4. The molecule has 0 bridgehead atoms. The van der Waals surface area contributed by atoms with Gasteiger partial charge >= 0.3 is 0 Å². The molecule has 1 saturated carbocycles. The molecule has 94 valence electrons. The maximum absolute atomic E-state index is 12.0. The first-order valence-electron chi connectivity index (χ1n) is 5.86. The second-order valence-corrected chi connectivity index (χ2v) is 4.96. The summed E-state index contributed by atoms with van der Waals surface area (Å²) in [6.45, 7) is 0. The van der Waals surface area contributed by atoms with Crippen LogP contribution in [0.5, 0.6) is 0 Å². The first kappa shape index (κ1) is 12.7. The average molecular weight is 264 g/mol. The Kier molecular flexibility index (Phi) is 3.73. The molecule has 2 rings (SSSR count). The Morgan fingerprint density at radius 1 is 1.44 bits per heavy atom. The van der Waals surface area contributed by atoms with Gasteiger partial charge in [-0.05, 0) is 37.5 Å². The Hall–Kier alpha value is -1.73. The van der Waals surface area contributed by atoms with Crippen molar-refractivity contribution in [3.63, 3.8) is 0 Å². The van der Waals surface area contributed by atoms with Crippen LogP contribution in [0, 0.1) is 17.2 Å². The molecule has 5 heteroatoms. The largest absolute Gasteiger partial charge is 0.399 e. The van der Waals surface area contributed by atoms with Gasteiger partial charge in [0.05, 0.1) is 12.0 Å². The lowest BCUT2D eigenvalue weighted by Crippen LogP contribution is -2.36. The van der Waals surface area contributed by atoms with Gasteiger partial charge in [-0.15, -0.1) is 0 Å². The second kappa shape index (κ2) is 5.28. The van der Waals surface area contributed by atoms with Gasteiger partial charge in [-0.2, -0.15) is 5.26 Å². The van der Waals surface area contributed by atoms with Gasteiger partial charge < -0.3 is 11.1 Å². The molecule has 2 atom stereocenters. The van der Waals surface area contributed by atoms with E-state index < -0.39 is 0 Å². The maximum atomic E-state index is 12.0. The quantitative estimate of drug-likeness (QED) is 0.804. The number of carbonyl (C=O) groups is 1. The third kappa shape index (κ3) is 2.74. The number of nitrogens with two attached hydrogens (primary N) is 1. The van der Waals surface area contributed by atoms with Gasteiger partial charge in [0.1, 0.15) is 0 Å². The van der Waals surface area contributed by atoms with Gasteiger partial charge in [0.2, 0.25) is 0 Å². The minimum atomic E-state index is -0.226. The Morgan fingerprint density at radius 2 is 2.22 bits per heavy atom. The second-order valence-electron chi connectivity index (χ2n) is 4.52. The van der Waals surface area contributed by atoms with E-state index in [-0.39, 0.29) is 17.9 Å². The molecule has 1 aromatic carbocycles. The van der Waals surface area contributed by atoms with E-state index in [9.17, 15) is 4.79 Å². The monoisotopic (exact) mass is 263 g/mol. The van der Waals surface area contributed by atoms with Gasteiger partial charge in [-0.25, -0.2) is 0 Å². The first-order chi connectivity index (χ1) is 8.60. The molecule has 3 N–H and O–H groups in total. The number of hydrogen-bond acceptors (Lipinski definition) is 3. The smallest absolute Gasteiger partial charge is 0.251 e. The van der Waals surface area contributed by atoms with Gasteiger partial charge in [0.25, 0.3) is 5.91 Å². The van der Waals surface area contributed by atoms with E-state index in [0.29, 0.717) is 16.3 Å². The molecule has 1 fully saturated rings. The van der Waals surface area contributed by atoms with Crippen molar-refractivity contribution in [2.75, 3.05) is 5.73 Å². The van der Waals surface area contributed by atoms with Crippen molar-refractivity contribution in [3.05, 3.63) is 28.8 Å². The van der Waals surface area contributed by atoms with Gasteiger partial charge in [-0.1, -0.05) is 11.6 Å². The molecule has 0 aliphatic heterocycles. The summed E-state index contributed by atoms with van der Waals surface area (Å²) in [6, 6.07) is 6.90. The highest BCUT2D eigenvalue weighted by Gasteiger charge is 2.28. The zero-order valence-electron chi connectivity index (χ0n) is 9.82. The van der Waals surface area contributed by atoms with E-state index in [1.807, 2.05) is 0 Å². The molecule has 1 amide bonds. The van der Waals surface area contributed by atoms with Crippen LogP contribution in [0.2, 0.25) is 5.02 Å². The average Bonchev–Trinajstić information content (AvgIpc) is 2.75. The molecule has 1 aromatic rings. The number of nitrogen functional groups attached to an aromatic ring is 1. The van der Waals surface area contributed by atoms with Crippen LogP contribution in [0.1, 0.15) is 29.6 Å². The minimum Gasteiger partial charge on any atom is -0.399 e. The summed E-state index contributed by atoms with van der Waals surface area (Å²) in [5.41, 5.74) is 6.53. The van der Waals surface area contributed by atoms with Crippen LogP contribution in [0.25, 0.3) is 0 Å². The van der Waals surface area contributed by atoms with Crippen LogP contribution in [-0.4, -0.2) is 11.9 Å². The fourth-order valence-electron chi connectivity index (χ4n) is 2.28. The van der Waals surface area contributed by atoms with Crippen molar-refractivity contribution >= 4 is 23.2 Å². The molecule has 0 saturated heterocycles. The van der Waals surface area contributed by atoms with Crippen LogP contribution in [0.4, 0.5) is 5.69 Å². The number of rotatable bonds is 2. The van der Waals surface area contributed by atoms with Crippen LogP contribution in [0.3, 0.4) is 0 Å². The van der Waals surface area contributed by atoms with E-state index >= 15 is 0 Å². The number of carbonyl (C=O) groups excluding carboxylic acids is 1. The van der Waals surface area contributed by atoms with E-state index in [2.05, 4.69) is 11.4 Å². The number of benzene rings is 1. The Labute approximate surface area is 111 Å². The first-order valence-corrected chi connectivity index (χ1v) is 6.24. The number of halogens is 1. The Morgan fingerprint density at radius 3 is 2.89 bits per heavy atom. The molecule has 0 radical (unpaired) electrons. The third-order valence-electron chi connectivity index (χ3n) is 3.18. The predicted octanol–water partition coefficient (Wildman–Crippen LogP) is 2.34. The molecule has 0 spiro atoms. The molecule has 2 unspecified atom stereocenters. The summed E-state index contributed by atoms with van der Waals surface area (Å²) in [5.74, 6) is -0.318. The third-order valence-corrected chi connectivity index (χ3v) is 3.40. The van der Waals surface area contributed by atoms with Crippen molar-refractivity contribution in [2.24, 2.45) is 5.92 Å². The predicted molar refractivity (Wildman–Crippen MR) is 70.1 cm³/mol. The van der Waals surface area contributed by atoms with E-state index in [4.69, 9.17) is 22.6 Å². The van der Waals surface area contributed by atoms with Gasteiger partial charge in [0.15, 0.2) is 0 Å². The van der Waals surface area contributed by atoms with E-state index in [0.717, 1.165) is 19.3 Å². The summed E-state index contributed by atoms with van der Waals surface area (Å²) in [7, 11) is 0.